The molecule has 1 atom stereocenters. The number of benzene rings is 1. The monoisotopic (exact) mass is 381 g/mol. The predicted octanol–water partition coefficient (Wildman–Crippen LogP) is 3.85. The number of nitrogens with one attached hydrogen (secondary N) is 1. The summed E-state index contributed by atoms with van der Waals surface area (Å²) in [6.07, 6.45) is 1.57. The van der Waals surface area contributed by atoms with E-state index in [1.165, 1.54) is 4.90 Å². The largest absolute Gasteiger partial charge is 0.444 e. The molecule has 0 aliphatic carbocycles. The number of anilines is 1. The van der Waals surface area contributed by atoms with Gasteiger partial charge in [0.05, 0.1) is 10.6 Å². The van der Waals surface area contributed by atoms with E-state index in [-0.39, 0.29) is 18.0 Å². The number of piperidine rings is 1. The quantitative estimate of drug-likeness (QED) is 0.863. The molecule has 0 unspecified atom stereocenters. The van der Waals surface area contributed by atoms with Crippen molar-refractivity contribution in [3.63, 3.8) is 0 Å². The van der Waals surface area contributed by atoms with Gasteiger partial charge in [-0.25, -0.2) is 4.79 Å². The molecule has 0 radical (unpaired) electrons. The molecule has 1 aromatic carbocycles. The third-order valence-electron chi connectivity index (χ3n) is 4.05. The van der Waals surface area contributed by atoms with E-state index in [0.29, 0.717) is 23.7 Å². The van der Waals surface area contributed by atoms with Crippen LogP contribution in [-0.2, 0) is 4.74 Å². The molecule has 6 nitrogen and oxygen atoms in total. The summed E-state index contributed by atoms with van der Waals surface area (Å²) >= 11 is 6.27. The van der Waals surface area contributed by atoms with Crippen molar-refractivity contribution in [1.82, 2.24) is 9.80 Å². The Balaban J connectivity index is 2.01. The van der Waals surface area contributed by atoms with Gasteiger partial charge in [-0.05, 0) is 51.8 Å². The number of amides is 2. The zero-order chi connectivity index (χ0) is 19.5. The zero-order valence-corrected chi connectivity index (χ0v) is 16.9. The fourth-order valence-corrected chi connectivity index (χ4v) is 3.10. The molecule has 2 amide bonds. The van der Waals surface area contributed by atoms with E-state index in [0.717, 1.165) is 18.5 Å². The van der Waals surface area contributed by atoms with Crippen LogP contribution in [0.5, 0.6) is 0 Å². The van der Waals surface area contributed by atoms with Crippen molar-refractivity contribution < 1.29 is 14.3 Å². The van der Waals surface area contributed by atoms with Crippen molar-refractivity contribution >= 4 is 29.3 Å². The highest BCUT2D eigenvalue weighted by Crippen LogP contribution is 2.24. The molecule has 1 aliphatic heterocycles. The fourth-order valence-electron chi connectivity index (χ4n) is 2.84. The van der Waals surface area contributed by atoms with Crippen LogP contribution in [0.1, 0.15) is 44.0 Å². The second kappa shape index (κ2) is 8.16. The Bertz CT molecular complexity index is 670. The molecule has 1 N–H and O–H groups in total. The van der Waals surface area contributed by atoms with Crippen LogP contribution in [0, 0.1) is 0 Å². The summed E-state index contributed by atoms with van der Waals surface area (Å²) in [7, 11) is 3.39. The molecule has 1 aliphatic rings. The fraction of sp³-hybridized carbons (Fsp3) is 0.579. The molecule has 144 valence electrons. The Labute approximate surface area is 160 Å². The first-order chi connectivity index (χ1) is 12.1. The highest BCUT2D eigenvalue weighted by Gasteiger charge is 2.27. The summed E-state index contributed by atoms with van der Waals surface area (Å²) < 4.78 is 5.46. The van der Waals surface area contributed by atoms with Crippen LogP contribution in [0.2, 0.25) is 5.02 Å². The number of carbonyl (C=O) groups excluding carboxylic acids is 2. The first-order valence-electron chi connectivity index (χ1n) is 8.82. The molecule has 2 rings (SSSR count). The second-order valence-electron chi connectivity index (χ2n) is 7.80. The van der Waals surface area contributed by atoms with Crippen LogP contribution in [0.3, 0.4) is 0 Å². The number of nitrogens with zero attached hydrogens (tertiary/aromatic N) is 2. The highest BCUT2D eigenvalue weighted by atomic mass is 35.5. The summed E-state index contributed by atoms with van der Waals surface area (Å²) in [6.45, 7) is 6.87. The molecule has 0 bridgehead atoms. The molecular formula is C19H28ClN3O3. The predicted molar refractivity (Wildman–Crippen MR) is 104 cm³/mol. The number of hydrogen-bond donors (Lipinski definition) is 1. The number of halogens is 1. The van der Waals surface area contributed by atoms with Gasteiger partial charge in [-0.15, -0.1) is 0 Å². The van der Waals surface area contributed by atoms with Crippen molar-refractivity contribution in [2.24, 2.45) is 0 Å². The van der Waals surface area contributed by atoms with E-state index in [2.05, 4.69) is 5.32 Å². The van der Waals surface area contributed by atoms with Gasteiger partial charge in [-0.2, -0.15) is 0 Å². The van der Waals surface area contributed by atoms with Gasteiger partial charge >= 0.3 is 6.09 Å². The van der Waals surface area contributed by atoms with E-state index < -0.39 is 5.60 Å². The zero-order valence-electron chi connectivity index (χ0n) is 16.1. The minimum absolute atomic E-state index is 0.114. The summed E-state index contributed by atoms with van der Waals surface area (Å²) in [5, 5.41) is 3.82. The van der Waals surface area contributed by atoms with Crippen LogP contribution < -0.4 is 5.32 Å². The molecule has 26 heavy (non-hydrogen) atoms. The van der Waals surface area contributed by atoms with E-state index in [1.54, 1.807) is 31.1 Å². The van der Waals surface area contributed by atoms with Gasteiger partial charge < -0.3 is 19.9 Å². The lowest BCUT2D eigenvalue weighted by Gasteiger charge is -2.34. The number of rotatable bonds is 3. The minimum atomic E-state index is -0.500. The minimum Gasteiger partial charge on any atom is -0.444 e. The average molecular weight is 382 g/mol. The van der Waals surface area contributed by atoms with Crippen LogP contribution in [-0.4, -0.2) is 60.6 Å². The summed E-state index contributed by atoms with van der Waals surface area (Å²) in [5.74, 6) is -0.129. The Morgan fingerprint density at radius 3 is 2.58 bits per heavy atom. The van der Waals surface area contributed by atoms with Crippen LogP contribution >= 0.6 is 11.6 Å². The Morgan fingerprint density at radius 1 is 1.31 bits per heavy atom. The van der Waals surface area contributed by atoms with Gasteiger partial charge in [0.25, 0.3) is 5.91 Å². The standard InChI is InChI=1S/C19H28ClN3O3/c1-19(2,3)26-18(25)23-10-6-7-14(12-23)21-13-8-9-15(16(20)11-13)17(24)22(4)5/h8-9,11,14,21H,6-7,10,12H2,1-5H3/t14-/m0/s1. The molecule has 0 aromatic heterocycles. The van der Waals surface area contributed by atoms with E-state index in [9.17, 15) is 9.59 Å². The lowest BCUT2D eigenvalue weighted by Crippen LogP contribution is -2.46. The van der Waals surface area contributed by atoms with Gasteiger partial charge in [0, 0.05) is 38.9 Å². The molecule has 1 heterocycles. The number of likely N-dealkylation sites (tertiary alicyclic amines) is 1. The van der Waals surface area contributed by atoms with Crippen molar-refractivity contribution in [2.45, 2.75) is 45.3 Å². The molecule has 0 spiro atoms. The number of ether oxygens (including phenoxy) is 1. The molecule has 1 fully saturated rings. The van der Waals surface area contributed by atoms with Crippen LogP contribution in [0.4, 0.5) is 10.5 Å². The van der Waals surface area contributed by atoms with Gasteiger partial charge in [-0.3, -0.25) is 4.79 Å². The first-order valence-corrected chi connectivity index (χ1v) is 9.20. The Kier molecular flexibility index (Phi) is 6.39. The second-order valence-corrected chi connectivity index (χ2v) is 8.21. The van der Waals surface area contributed by atoms with Crippen LogP contribution in [0.15, 0.2) is 18.2 Å². The summed E-state index contributed by atoms with van der Waals surface area (Å²) in [4.78, 5) is 27.6. The van der Waals surface area contributed by atoms with Gasteiger partial charge in [0.15, 0.2) is 0 Å². The van der Waals surface area contributed by atoms with Crippen molar-refractivity contribution in [3.8, 4) is 0 Å². The molecule has 7 heteroatoms. The molecule has 1 saturated heterocycles. The Hall–Kier alpha value is -1.95. The van der Waals surface area contributed by atoms with Gasteiger partial charge in [0.1, 0.15) is 5.60 Å². The van der Waals surface area contributed by atoms with E-state index in [1.807, 2.05) is 26.8 Å². The first kappa shape index (κ1) is 20.4. The Morgan fingerprint density at radius 2 is 2.00 bits per heavy atom. The summed E-state index contributed by atoms with van der Waals surface area (Å²) in [5.41, 5.74) is 0.808. The normalized spacial score (nSPS) is 17.6. The van der Waals surface area contributed by atoms with E-state index in [4.69, 9.17) is 16.3 Å². The maximum absolute atomic E-state index is 12.3. The third kappa shape index (κ3) is 5.53. The molecule has 1 aromatic rings. The summed E-state index contributed by atoms with van der Waals surface area (Å²) in [6, 6.07) is 5.43. The maximum Gasteiger partial charge on any atom is 0.410 e. The van der Waals surface area contributed by atoms with Crippen molar-refractivity contribution in [3.05, 3.63) is 28.8 Å². The van der Waals surface area contributed by atoms with Crippen molar-refractivity contribution in [2.75, 3.05) is 32.5 Å². The topological polar surface area (TPSA) is 61.9 Å². The van der Waals surface area contributed by atoms with Crippen LogP contribution in [0.25, 0.3) is 0 Å². The third-order valence-corrected chi connectivity index (χ3v) is 4.36. The maximum atomic E-state index is 12.3. The number of hydrogen-bond acceptors (Lipinski definition) is 4. The highest BCUT2D eigenvalue weighted by molar-refractivity contribution is 6.34. The smallest absolute Gasteiger partial charge is 0.410 e. The lowest BCUT2D eigenvalue weighted by molar-refractivity contribution is 0.0206. The van der Waals surface area contributed by atoms with E-state index >= 15 is 0 Å². The molecule has 0 saturated carbocycles. The SMILES string of the molecule is CN(C)C(=O)c1ccc(N[C@H]2CCCN(C(=O)OC(C)(C)C)C2)cc1Cl. The lowest BCUT2D eigenvalue weighted by atomic mass is 10.1. The average Bonchev–Trinajstić information content (AvgIpc) is 2.53. The van der Waals surface area contributed by atoms with Gasteiger partial charge in [-0.1, -0.05) is 11.6 Å². The number of carbonyl (C=O) groups is 2. The molecular weight excluding hydrogens is 354 g/mol. The van der Waals surface area contributed by atoms with Gasteiger partial charge in [0.2, 0.25) is 0 Å². The van der Waals surface area contributed by atoms with Crippen molar-refractivity contribution in [1.29, 1.82) is 0 Å².